The average molecular weight is 288 g/mol. The molecular weight excluding hydrogens is 276 g/mol. The van der Waals surface area contributed by atoms with Crippen molar-refractivity contribution in [1.29, 1.82) is 0 Å². The Balaban J connectivity index is 1.97. The number of hydrogen-bond acceptors (Lipinski definition) is 3. The Labute approximate surface area is 126 Å². The van der Waals surface area contributed by atoms with Crippen LogP contribution in [0, 0.1) is 0 Å². The fraction of sp³-hybridized carbons (Fsp3) is 0. The maximum absolute atomic E-state index is 4.69. The second kappa shape index (κ2) is 5.11. The molecule has 3 heteroatoms. The van der Waals surface area contributed by atoms with E-state index < -0.39 is 0 Å². The summed E-state index contributed by atoms with van der Waals surface area (Å²) in [6.07, 6.45) is 3.87. The van der Waals surface area contributed by atoms with Gasteiger partial charge in [0.25, 0.3) is 0 Å². The lowest BCUT2D eigenvalue weighted by Crippen LogP contribution is -1.87. The molecular formula is C18H12N2S. The van der Waals surface area contributed by atoms with Gasteiger partial charge in [0.2, 0.25) is 0 Å². The summed E-state index contributed by atoms with van der Waals surface area (Å²) in [5, 5.41) is 1.12. The molecule has 0 unspecified atom stereocenters. The first-order valence-electron chi connectivity index (χ1n) is 6.78. The van der Waals surface area contributed by atoms with Gasteiger partial charge in [-0.15, -0.1) is 0 Å². The summed E-state index contributed by atoms with van der Waals surface area (Å²) in [4.78, 5) is 4.69. The smallest absolute Gasteiger partial charge is 0.0805 e. The van der Waals surface area contributed by atoms with Crippen LogP contribution in [-0.2, 0) is 0 Å². The molecule has 2 aromatic heterocycles. The fourth-order valence-electron chi connectivity index (χ4n) is 2.51. The predicted molar refractivity (Wildman–Crippen MR) is 88.3 cm³/mol. The summed E-state index contributed by atoms with van der Waals surface area (Å²) < 4.78 is 5.57. The molecule has 0 amide bonds. The zero-order chi connectivity index (χ0) is 14.1. The molecule has 100 valence electrons. The van der Waals surface area contributed by atoms with Crippen LogP contribution in [0.25, 0.3) is 32.5 Å². The molecule has 0 saturated heterocycles. The highest BCUT2D eigenvalue weighted by molar-refractivity contribution is 7.14. The van der Waals surface area contributed by atoms with Crippen molar-refractivity contribution in [2.75, 3.05) is 0 Å². The van der Waals surface area contributed by atoms with Gasteiger partial charge in [0, 0.05) is 22.7 Å². The fourth-order valence-corrected chi connectivity index (χ4v) is 3.29. The summed E-state index contributed by atoms with van der Waals surface area (Å²) in [7, 11) is 0. The lowest BCUT2D eigenvalue weighted by atomic mass is 10.0. The molecule has 0 N–H and O–H groups in total. The minimum atomic E-state index is 0.999. The van der Waals surface area contributed by atoms with Gasteiger partial charge < -0.3 is 0 Å². The van der Waals surface area contributed by atoms with Crippen LogP contribution >= 0.6 is 11.5 Å². The van der Waals surface area contributed by atoms with E-state index in [1.54, 1.807) is 0 Å². The summed E-state index contributed by atoms with van der Waals surface area (Å²) in [5.41, 5.74) is 4.45. The van der Waals surface area contributed by atoms with E-state index in [-0.39, 0.29) is 0 Å². The Bertz CT molecular complexity index is 809. The number of pyridine rings is 1. The Morgan fingerprint density at radius 1 is 0.714 bits per heavy atom. The molecule has 0 atom stereocenters. The van der Waals surface area contributed by atoms with Crippen LogP contribution in [0.5, 0.6) is 0 Å². The third-order valence-corrected chi connectivity index (χ3v) is 4.36. The standard InChI is InChI=1S/C18H12N2S/c1-3-7-13(8-4-1)15-11-19-17(14-9-5-2-6-10-14)16-12-20-21-18(15)16/h1-12H. The van der Waals surface area contributed by atoms with Crippen molar-refractivity contribution in [3.05, 3.63) is 73.1 Å². The zero-order valence-corrected chi connectivity index (χ0v) is 12.0. The van der Waals surface area contributed by atoms with Crippen molar-refractivity contribution < 1.29 is 0 Å². The van der Waals surface area contributed by atoms with Gasteiger partial charge in [0.1, 0.15) is 0 Å². The zero-order valence-electron chi connectivity index (χ0n) is 11.2. The van der Waals surface area contributed by atoms with Gasteiger partial charge >= 0.3 is 0 Å². The predicted octanol–water partition coefficient (Wildman–Crippen LogP) is 5.03. The van der Waals surface area contributed by atoms with E-state index in [0.717, 1.165) is 22.2 Å². The van der Waals surface area contributed by atoms with E-state index in [2.05, 4.69) is 28.6 Å². The number of rotatable bonds is 2. The van der Waals surface area contributed by atoms with Crippen molar-refractivity contribution in [2.24, 2.45) is 0 Å². The highest BCUT2D eigenvalue weighted by Gasteiger charge is 2.12. The molecule has 2 aromatic carbocycles. The van der Waals surface area contributed by atoms with Crippen LogP contribution in [0.3, 0.4) is 0 Å². The van der Waals surface area contributed by atoms with E-state index in [1.807, 2.05) is 48.8 Å². The average Bonchev–Trinajstić information content (AvgIpc) is 3.05. The van der Waals surface area contributed by atoms with Crippen molar-refractivity contribution in [3.8, 4) is 22.4 Å². The second-order valence-corrected chi connectivity index (χ2v) is 5.62. The van der Waals surface area contributed by atoms with Gasteiger partial charge in [-0.2, -0.15) is 4.37 Å². The van der Waals surface area contributed by atoms with Crippen LogP contribution in [0.4, 0.5) is 0 Å². The summed E-state index contributed by atoms with van der Waals surface area (Å²) in [6, 6.07) is 20.6. The largest absolute Gasteiger partial charge is 0.255 e. The molecule has 4 aromatic rings. The molecule has 0 fully saturated rings. The molecule has 2 nitrogen and oxygen atoms in total. The second-order valence-electron chi connectivity index (χ2n) is 4.82. The van der Waals surface area contributed by atoms with E-state index >= 15 is 0 Å². The third kappa shape index (κ3) is 2.12. The maximum Gasteiger partial charge on any atom is 0.0805 e. The van der Waals surface area contributed by atoms with Crippen LogP contribution in [-0.4, -0.2) is 9.36 Å². The van der Waals surface area contributed by atoms with Gasteiger partial charge in [-0.1, -0.05) is 60.7 Å². The SMILES string of the molecule is c1ccc(-c2ncc(-c3ccccc3)c3sncc23)cc1. The maximum atomic E-state index is 4.69. The third-order valence-electron chi connectivity index (χ3n) is 3.52. The molecule has 0 aliphatic rings. The first kappa shape index (κ1) is 12.2. The quantitative estimate of drug-likeness (QED) is 0.517. The van der Waals surface area contributed by atoms with Gasteiger partial charge in [0.05, 0.1) is 16.6 Å². The minimum absolute atomic E-state index is 0.999. The molecule has 2 heterocycles. The van der Waals surface area contributed by atoms with Crippen LogP contribution in [0.1, 0.15) is 0 Å². The molecule has 0 aliphatic carbocycles. The van der Waals surface area contributed by atoms with E-state index in [4.69, 9.17) is 4.98 Å². The van der Waals surface area contributed by atoms with E-state index in [9.17, 15) is 0 Å². The number of benzene rings is 2. The molecule has 21 heavy (non-hydrogen) atoms. The number of aromatic nitrogens is 2. The van der Waals surface area contributed by atoms with Crippen molar-refractivity contribution in [1.82, 2.24) is 9.36 Å². The number of fused-ring (bicyclic) bond motifs is 1. The Morgan fingerprint density at radius 3 is 2.10 bits per heavy atom. The molecule has 0 radical (unpaired) electrons. The van der Waals surface area contributed by atoms with Crippen molar-refractivity contribution >= 4 is 21.6 Å². The van der Waals surface area contributed by atoms with Crippen LogP contribution in [0.15, 0.2) is 73.1 Å². The van der Waals surface area contributed by atoms with Gasteiger partial charge in [0.15, 0.2) is 0 Å². The van der Waals surface area contributed by atoms with Crippen LogP contribution in [0.2, 0.25) is 0 Å². The number of nitrogens with zero attached hydrogens (tertiary/aromatic N) is 2. The lowest BCUT2D eigenvalue weighted by Gasteiger charge is -2.06. The van der Waals surface area contributed by atoms with Crippen LogP contribution < -0.4 is 0 Å². The normalized spacial score (nSPS) is 10.9. The van der Waals surface area contributed by atoms with Gasteiger partial charge in [-0.05, 0) is 17.1 Å². The van der Waals surface area contributed by atoms with E-state index in [0.29, 0.717) is 0 Å². The summed E-state index contributed by atoms with van der Waals surface area (Å²) in [5.74, 6) is 0. The topological polar surface area (TPSA) is 25.8 Å². The van der Waals surface area contributed by atoms with Crippen molar-refractivity contribution in [2.45, 2.75) is 0 Å². The summed E-state index contributed by atoms with van der Waals surface area (Å²) in [6.45, 7) is 0. The lowest BCUT2D eigenvalue weighted by molar-refractivity contribution is 1.36. The Hall–Kier alpha value is -2.52. The first-order chi connectivity index (χ1) is 10.4. The molecule has 0 bridgehead atoms. The highest BCUT2D eigenvalue weighted by Crippen LogP contribution is 2.35. The molecule has 0 aliphatic heterocycles. The van der Waals surface area contributed by atoms with Gasteiger partial charge in [-0.3, -0.25) is 4.98 Å². The Morgan fingerprint density at radius 2 is 1.38 bits per heavy atom. The Kier molecular flexibility index (Phi) is 2.98. The van der Waals surface area contributed by atoms with Gasteiger partial charge in [-0.25, -0.2) is 0 Å². The molecule has 0 spiro atoms. The molecule has 0 saturated carbocycles. The monoisotopic (exact) mass is 288 g/mol. The molecule has 4 rings (SSSR count). The highest BCUT2D eigenvalue weighted by atomic mass is 32.1. The number of hydrogen-bond donors (Lipinski definition) is 0. The minimum Gasteiger partial charge on any atom is -0.255 e. The van der Waals surface area contributed by atoms with Crippen molar-refractivity contribution in [3.63, 3.8) is 0 Å². The van der Waals surface area contributed by atoms with E-state index in [1.165, 1.54) is 21.8 Å². The first-order valence-corrected chi connectivity index (χ1v) is 7.55. The summed E-state index contributed by atoms with van der Waals surface area (Å²) >= 11 is 1.53.